The molecule has 0 fully saturated rings. The maximum Gasteiger partial charge on any atom is 0.224 e. The minimum Gasteiger partial charge on any atom is -0.436 e. The lowest BCUT2D eigenvalue weighted by Crippen LogP contribution is -2.02. The Kier molecular flexibility index (Phi) is 3.22. The summed E-state index contributed by atoms with van der Waals surface area (Å²) in [4.78, 5) is 8.46. The number of aryl methyl sites for hydroxylation is 2. The number of anilines is 1. The molecule has 6 heteroatoms. The number of nitrogens with one attached hydrogen (secondary N) is 1. The molecule has 2 aromatic heterocycles. The van der Waals surface area contributed by atoms with Crippen LogP contribution in [0, 0.1) is 6.92 Å². The molecule has 0 aromatic carbocycles. The van der Waals surface area contributed by atoms with Gasteiger partial charge in [0.25, 0.3) is 0 Å². The molecule has 0 spiro atoms. The second-order valence-electron chi connectivity index (χ2n) is 3.62. The minimum atomic E-state index is 0.515. The summed E-state index contributed by atoms with van der Waals surface area (Å²) in [5.41, 5.74) is 0. The Hall–Kier alpha value is -2.11. The fourth-order valence-electron chi connectivity index (χ4n) is 1.44. The zero-order chi connectivity index (χ0) is 12.3. The van der Waals surface area contributed by atoms with Gasteiger partial charge in [-0.2, -0.15) is 10.1 Å². The molecule has 1 N–H and O–H groups in total. The first kappa shape index (κ1) is 11.4. The van der Waals surface area contributed by atoms with Gasteiger partial charge in [-0.15, -0.1) is 0 Å². The Morgan fingerprint density at radius 3 is 2.88 bits per heavy atom. The molecule has 0 atom stereocenters. The van der Waals surface area contributed by atoms with Gasteiger partial charge in [0, 0.05) is 19.7 Å². The van der Waals surface area contributed by atoms with Crippen LogP contribution in [-0.4, -0.2) is 26.3 Å². The van der Waals surface area contributed by atoms with Gasteiger partial charge in [0.05, 0.1) is 12.4 Å². The smallest absolute Gasteiger partial charge is 0.224 e. The molecule has 6 nitrogen and oxygen atoms in total. The van der Waals surface area contributed by atoms with Gasteiger partial charge in [-0.1, -0.05) is 0 Å². The number of rotatable bonds is 4. The molecule has 17 heavy (non-hydrogen) atoms. The van der Waals surface area contributed by atoms with Crippen LogP contribution < -0.4 is 10.1 Å². The van der Waals surface area contributed by atoms with E-state index in [0.29, 0.717) is 17.5 Å². The largest absolute Gasteiger partial charge is 0.436 e. The first-order chi connectivity index (χ1) is 8.17. The van der Waals surface area contributed by atoms with Gasteiger partial charge in [0.15, 0.2) is 5.75 Å². The highest BCUT2D eigenvalue weighted by Crippen LogP contribution is 2.20. The van der Waals surface area contributed by atoms with Crippen LogP contribution in [0.25, 0.3) is 0 Å². The average Bonchev–Trinajstić information content (AvgIpc) is 2.63. The van der Waals surface area contributed by atoms with Crippen molar-refractivity contribution < 1.29 is 4.74 Å². The van der Waals surface area contributed by atoms with Crippen molar-refractivity contribution in [2.45, 2.75) is 13.8 Å². The van der Waals surface area contributed by atoms with Crippen LogP contribution in [0.1, 0.15) is 12.7 Å². The van der Waals surface area contributed by atoms with E-state index < -0.39 is 0 Å². The summed E-state index contributed by atoms with van der Waals surface area (Å²) in [6.07, 6.45) is 3.43. The number of hydrogen-bond donors (Lipinski definition) is 1. The second-order valence-corrected chi connectivity index (χ2v) is 3.62. The van der Waals surface area contributed by atoms with E-state index in [1.165, 1.54) is 0 Å². The molecular formula is C11H15N5O. The first-order valence-electron chi connectivity index (χ1n) is 5.43. The zero-order valence-corrected chi connectivity index (χ0v) is 10.1. The average molecular weight is 233 g/mol. The number of ether oxygens (including phenoxy) is 1. The van der Waals surface area contributed by atoms with Gasteiger partial charge in [0.1, 0.15) is 11.6 Å². The highest BCUT2D eigenvalue weighted by molar-refractivity contribution is 5.39. The SMILES string of the molecule is CCNc1cc(Oc2cnn(C)c2)nc(C)n1. The normalized spacial score (nSPS) is 10.3. The lowest BCUT2D eigenvalue weighted by atomic mass is 10.5. The first-order valence-corrected chi connectivity index (χ1v) is 5.43. The molecule has 0 aliphatic heterocycles. The van der Waals surface area contributed by atoms with E-state index in [2.05, 4.69) is 20.4 Å². The van der Waals surface area contributed by atoms with Crippen molar-refractivity contribution in [2.24, 2.45) is 7.05 Å². The lowest BCUT2D eigenvalue weighted by molar-refractivity contribution is 0.459. The topological polar surface area (TPSA) is 64.9 Å². The molecule has 0 saturated carbocycles. The van der Waals surface area contributed by atoms with E-state index in [1.54, 1.807) is 23.1 Å². The molecule has 0 saturated heterocycles. The fourth-order valence-corrected chi connectivity index (χ4v) is 1.44. The molecule has 2 rings (SSSR count). The van der Waals surface area contributed by atoms with E-state index in [0.717, 1.165) is 12.4 Å². The standard InChI is InChI=1S/C11H15N5O/c1-4-12-10-5-11(15-8(2)14-10)17-9-6-13-16(3)7-9/h5-7H,4H2,1-3H3,(H,12,14,15). The van der Waals surface area contributed by atoms with Crippen LogP contribution in [0.4, 0.5) is 5.82 Å². The monoisotopic (exact) mass is 233 g/mol. The summed E-state index contributed by atoms with van der Waals surface area (Å²) >= 11 is 0. The number of hydrogen-bond acceptors (Lipinski definition) is 5. The molecule has 90 valence electrons. The van der Waals surface area contributed by atoms with Crippen LogP contribution in [0.5, 0.6) is 11.6 Å². The van der Waals surface area contributed by atoms with Gasteiger partial charge < -0.3 is 10.1 Å². The van der Waals surface area contributed by atoms with Crippen LogP contribution in [0.15, 0.2) is 18.5 Å². The van der Waals surface area contributed by atoms with Crippen molar-refractivity contribution in [2.75, 3.05) is 11.9 Å². The fraction of sp³-hybridized carbons (Fsp3) is 0.364. The van der Waals surface area contributed by atoms with E-state index in [-0.39, 0.29) is 0 Å². The quantitative estimate of drug-likeness (QED) is 0.871. The summed E-state index contributed by atoms with van der Waals surface area (Å²) in [6, 6.07) is 1.77. The maximum atomic E-state index is 5.59. The molecule has 2 heterocycles. The third-order valence-electron chi connectivity index (χ3n) is 2.08. The Morgan fingerprint density at radius 1 is 1.41 bits per heavy atom. The summed E-state index contributed by atoms with van der Waals surface area (Å²) in [5.74, 6) is 2.61. The molecule has 0 aliphatic rings. The predicted molar refractivity (Wildman–Crippen MR) is 64.2 cm³/mol. The Labute approximate surface area is 99.7 Å². The summed E-state index contributed by atoms with van der Waals surface area (Å²) in [7, 11) is 1.84. The van der Waals surface area contributed by atoms with Crippen LogP contribution in [0.2, 0.25) is 0 Å². The van der Waals surface area contributed by atoms with E-state index in [9.17, 15) is 0 Å². The van der Waals surface area contributed by atoms with Gasteiger partial charge in [-0.05, 0) is 13.8 Å². The van der Waals surface area contributed by atoms with Crippen LogP contribution >= 0.6 is 0 Å². The lowest BCUT2D eigenvalue weighted by Gasteiger charge is -2.06. The van der Waals surface area contributed by atoms with E-state index in [4.69, 9.17) is 4.74 Å². The maximum absolute atomic E-state index is 5.59. The molecule has 0 radical (unpaired) electrons. The third kappa shape index (κ3) is 2.93. The summed E-state index contributed by atoms with van der Waals surface area (Å²) in [6.45, 7) is 4.65. The molecule has 0 bridgehead atoms. The van der Waals surface area contributed by atoms with Crippen LogP contribution in [-0.2, 0) is 7.05 Å². The molecule has 0 aliphatic carbocycles. The van der Waals surface area contributed by atoms with E-state index in [1.807, 2.05) is 20.9 Å². The Balaban J connectivity index is 2.20. The number of nitrogens with zero attached hydrogens (tertiary/aromatic N) is 4. The Morgan fingerprint density at radius 2 is 2.24 bits per heavy atom. The van der Waals surface area contributed by atoms with Crippen molar-refractivity contribution in [3.63, 3.8) is 0 Å². The summed E-state index contributed by atoms with van der Waals surface area (Å²) < 4.78 is 7.27. The van der Waals surface area contributed by atoms with Gasteiger partial charge in [-0.25, -0.2) is 4.98 Å². The predicted octanol–water partition coefficient (Wildman–Crippen LogP) is 1.74. The minimum absolute atomic E-state index is 0.515. The van der Waals surface area contributed by atoms with Crippen LogP contribution in [0.3, 0.4) is 0 Å². The Bertz CT molecular complexity index is 508. The molecule has 2 aromatic rings. The zero-order valence-electron chi connectivity index (χ0n) is 10.1. The summed E-state index contributed by atoms with van der Waals surface area (Å²) in [5, 5.41) is 7.15. The molecule has 0 amide bonds. The van der Waals surface area contributed by atoms with Gasteiger partial charge in [-0.3, -0.25) is 4.68 Å². The molecule has 0 unspecified atom stereocenters. The highest BCUT2D eigenvalue weighted by Gasteiger charge is 2.04. The van der Waals surface area contributed by atoms with Crippen molar-refractivity contribution in [3.05, 3.63) is 24.3 Å². The molecular weight excluding hydrogens is 218 g/mol. The van der Waals surface area contributed by atoms with Crippen molar-refractivity contribution in [1.29, 1.82) is 0 Å². The van der Waals surface area contributed by atoms with Gasteiger partial charge >= 0.3 is 0 Å². The van der Waals surface area contributed by atoms with Crippen molar-refractivity contribution in [1.82, 2.24) is 19.7 Å². The number of aromatic nitrogens is 4. The second kappa shape index (κ2) is 4.82. The van der Waals surface area contributed by atoms with Crippen molar-refractivity contribution >= 4 is 5.82 Å². The van der Waals surface area contributed by atoms with Gasteiger partial charge in [0.2, 0.25) is 5.88 Å². The third-order valence-corrected chi connectivity index (χ3v) is 2.08. The highest BCUT2D eigenvalue weighted by atomic mass is 16.5. The van der Waals surface area contributed by atoms with E-state index >= 15 is 0 Å². The van der Waals surface area contributed by atoms with Crippen molar-refractivity contribution in [3.8, 4) is 11.6 Å².